The molecule has 2 bridgehead atoms. The van der Waals surface area contributed by atoms with Crippen LogP contribution in [0.3, 0.4) is 0 Å². The minimum atomic E-state index is -0.796. The average molecular weight is 409 g/mol. The number of carbonyl (C=O) groups is 2. The molecular weight excluding hydrogens is 390 g/mol. The number of hydrogen-bond acceptors (Lipinski definition) is 7. The number of nitrogens with zero attached hydrogens (tertiary/aromatic N) is 2. The topological polar surface area (TPSA) is 103 Å². The van der Waals surface area contributed by atoms with Crippen LogP contribution in [0.4, 0.5) is 5.82 Å². The third-order valence-corrected chi connectivity index (χ3v) is 6.20. The van der Waals surface area contributed by atoms with Gasteiger partial charge in [0.05, 0.1) is 24.5 Å². The van der Waals surface area contributed by atoms with E-state index in [0.717, 1.165) is 5.56 Å². The predicted molar refractivity (Wildman–Crippen MR) is 102 cm³/mol. The molecule has 2 amide bonds. The third kappa shape index (κ3) is 2.41. The van der Waals surface area contributed by atoms with Crippen LogP contribution < -0.4 is 19.7 Å². The first kappa shape index (κ1) is 17.5. The molecule has 0 radical (unpaired) electrons. The Bertz CT molecular complexity index is 1090. The summed E-state index contributed by atoms with van der Waals surface area (Å²) in [5.74, 6) is 0.872. The molecule has 4 aliphatic rings. The van der Waals surface area contributed by atoms with Gasteiger partial charge in [0.25, 0.3) is 0 Å². The molecule has 1 aromatic heterocycles. The van der Waals surface area contributed by atoms with Crippen molar-refractivity contribution in [1.82, 2.24) is 10.5 Å². The van der Waals surface area contributed by atoms with Crippen LogP contribution in [-0.4, -0.2) is 42.0 Å². The van der Waals surface area contributed by atoms with E-state index in [-0.39, 0.29) is 18.6 Å². The van der Waals surface area contributed by atoms with Crippen molar-refractivity contribution in [3.8, 4) is 11.5 Å². The monoisotopic (exact) mass is 409 g/mol. The van der Waals surface area contributed by atoms with Gasteiger partial charge in [-0.1, -0.05) is 23.4 Å². The minimum absolute atomic E-state index is 0.168. The van der Waals surface area contributed by atoms with Gasteiger partial charge < -0.3 is 24.1 Å². The van der Waals surface area contributed by atoms with Crippen LogP contribution in [0.25, 0.3) is 0 Å². The summed E-state index contributed by atoms with van der Waals surface area (Å²) in [5.41, 5.74) is 0.0920. The highest BCUT2D eigenvalue weighted by atomic mass is 16.7. The second-order valence-electron chi connectivity index (χ2n) is 8.03. The summed E-state index contributed by atoms with van der Waals surface area (Å²) in [6.07, 6.45) is 3.39. The fourth-order valence-electron chi connectivity index (χ4n) is 4.83. The second kappa shape index (κ2) is 6.09. The first-order valence-corrected chi connectivity index (χ1v) is 9.82. The van der Waals surface area contributed by atoms with Gasteiger partial charge >= 0.3 is 0 Å². The molecular formula is C21H19N3O6. The molecule has 154 valence electrons. The highest BCUT2D eigenvalue weighted by molar-refractivity contribution is 6.02. The van der Waals surface area contributed by atoms with E-state index >= 15 is 0 Å². The number of amides is 2. The van der Waals surface area contributed by atoms with E-state index in [2.05, 4.69) is 10.5 Å². The van der Waals surface area contributed by atoms with E-state index < -0.39 is 23.5 Å². The second-order valence-corrected chi connectivity index (χ2v) is 8.03. The fraction of sp³-hybridized carbons (Fsp3) is 0.381. The van der Waals surface area contributed by atoms with Gasteiger partial charge in [0.2, 0.25) is 18.6 Å². The van der Waals surface area contributed by atoms with E-state index in [1.807, 2.05) is 30.4 Å². The lowest BCUT2D eigenvalue weighted by Crippen LogP contribution is -2.44. The molecule has 9 nitrogen and oxygen atoms in total. The summed E-state index contributed by atoms with van der Waals surface area (Å²) in [6.45, 7) is 2.61. The maximum absolute atomic E-state index is 13.2. The number of aryl methyl sites for hydroxylation is 1. The molecule has 2 fully saturated rings. The molecule has 1 N–H and O–H groups in total. The van der Waals surface area contributed by atoms with Crippen molar-refractivity contribution in [1.29, 1.82) is 0 Å². The lowest BCUT2D eigenvalue weighted by atomic mass is 9.77. The van der Waals surface area contributed by atoms with Crippen molar-refractivity contribution >= 4 is 17.6 Å². The Morgan fingerprint density at radius 1 is 1.30 bits per heavy atom. The number of rotatable bonds is 4. The number of anilines is 1. The molecule has 0 unspecified atom stereocenters. The van der Waals surface area contributed by atoms with Gasteiger partial charge in [-0.15, -0.1) is 0 Å². The summed E-state index contributed by atoms with van der Waals surface area (Å²) in [4.78, 5) is 27.9. The molecule has 6 rings (SSSR count). The Hall–Kier alpha value is -3.33. The predicted octanol–water partition coefficient (Wildman–Crippen LogP) is 1.31. The van der Waals surface area contributed by atoms with E-state index in [4.69, 9.17) is 18.7 Å². The van der Waals surface area contributed by atoms with Gasteiger partial charge in [-0.3, -0.25) is 14.5 Å². The van der Waals surface area contributed by atoms with Gasteiger partial charge in [0, 0.05) is 12.6 Å². The zero-order valence-corrected chi connectivity index (χ0v) is 16.2. The molecule has 30 heavy (non-hydrogen) atoms. The number of nitrogens with one attached hydrogen (secondary N) is 1. The van der Waals surface area contributed by atoms with E-state index in [1.54, 1.807) is 17.9 Å². The summed E-state index contributed by atoms with van der Waals surface area (Å²) < 4.78 is 21.9. The maximum Gasteiger partial charge on any atom is 0.235 e. The summed E-state index contributed by atoms with van der Waals surface area (Å²) >= 11 is 0. The smallest absolute Gasteiger partial charge is 0.235 e. The van der Waals surface area contributed by atoms with Crippen LogP contribution in [0.2, 0.25) is 0 Å². The van der Waals surface area contributed by atoms with Crippen molar-refractivity contribution < 1.29 is 28.3 Å². The SMILES string of the molecule is Cc1cc(N2C[C@@]34C=C[C@@H](O3)[C@@H](C(=O)NCc3ccc5c(c3)OCO5)[C@@H]4C2=O)no1. The highest BCUT2D eigenvalue weighted by Gasteiger charge is 2.67. The van der Waals surface area contributed by atoms with Crippen molar-refractivity contribution in [3.63, 3.8) is 0 Å². The molecule has 5 heterocycles. The Kier molecular flexibility index (Phi) is 3.55. The van der Waals surface area contributed by atoms with Gasteiger partial charge in [0.1, 0.15) is 11.4 Å². The molecule has 4 aliphatic heterocycles. The average Bonchev–Trinajstić information content (AvgIpc) is 3.53. The van der Waals surface area contributed by atoms with E-state index in [1.165, 1.54) is 0 Å². The van der Waals surface area contributed by atoms with E-state index in [0.29, 0.717) is 36.2 Å². The number of carbonyl (C=O) groups excluding carboxylic acids is 2. The largest absolute Gasteiger partial charge is 0.454 e. The Balaban J connectivity index is 1.21. The Morgan fingerprint density at radius 2 is 2.17 bits per heavy atom. The quantitative estimate of drug-likeness (QED) is 0.760. The number of fused-ring (bicyclic) bond motifs is 2. The number of ether oxygens (including phenoxy) is 3. The number of aromatic nitrogens is 1. The zero-order valence-electron chi connectivity index (χ0n) is 16.2. The van der Waals surface area contributed by atoms with Crippen LogP contribution in [0.5, 0.6) is 11.5 Å². The van der Waals surface area contributed by atoms with Crippen LogP contribution >= 0.6 is 0 Å². The Labute approximate surface area is 171 Å². The lowest BCUT2D eigenvalue weighted by molar-refractivity contribution is -0.132. The normalized spacial score (nSPS) is 30.2. The van der Waals surface area contributed by atoms with Crippen LogP contribution in [-0.2, 0) is 20.9 Å². The van der Waals surface area contributed by atoms with Gasteiger partial charge in [-0.25, -0.2) is 0 Å². The molecule has 1 aromatic carbocycles. The van der Waals surface area contributed by atoms with Crippen molar-refractivity contribution in [3.05, 3.63) is 47.7 Å². The summed E-state index contributed by atoms with van der Waals surface area (Å²) in [5, 5.41) is 6.91. The number of benzene rings is 1. The van der Waals surface area contributed by atoms with Crippen molar-refractivity contribution in [2.75, 3.05) is 18.2 Å². The minimum Gasteiger partial charge on any atom is -0.454 e. The zero-order chi connectivity index (χ0) is 20.5. The van der Waals surface area contributed by atoms with Crippen LogP contribution in [0.1, 0.15) is 11.3 Å². The van der Waals surface area contributed by atoms with Crippen molar-refractivity contribution in [2.24, 2.45) is 11.8 Å². The summed E-state index contributed by atoms with van der Waals surface area (Å²) in [6, 6.07) is 7.25. The van der Waals surface area contributed by atoms with Crippen LogP contribution in [0.15, 0.2) is 40.9 Å². The third-order valence-electron chi connectivity index (χ3n) is 6.20. The van der Waals surface area contributed by atoms with E-state index in [9.17, 15) is 9.59 Å². The van der Waals surface area contributed by atoms with Gasteiger partial charge in [0.15, 0.2) is 17.3 Å². The number of hydrogen-bond donors (Lipinski definition) is 1. The first-order chi connectivity index (χ1) is 14.5. The maximum atomic E-state index is 13.2. The van der Waals surface area contributed by atoms with Gasteiger partial charge in [-0.05, 0) is 24.6 Å². The molecule has 2 saturated heterocycles. The fourth-order valence-corrected chi connectivity index (χ4v) is 4.83. The summed E-state index contributed by atoms with van der Waals surface area (Å²) in [7, 11) is 0. The standard InChI is InChI=1S/C21H19N3O6/c1-11-6-16(23-30-11)24-9-21-5-4-14(29-21)17(18(21)20(24)26)19(25)22-8-12-2-3-13-15(7-12)28-10-27-13/h2-7,14,17-18H,8-10H2,1H3,(H,22,25)/t14-,17-,18-,21-/m1/s1. The molecule has 9 heteroatoms. The molecule has 2 aromatic rings. The lowest BCUT2D eigenvalue weighted by Gasteiger charge is -2.23. The van der Waals surface area contributed by atoms with Gasteiger partial charge in [-0.2, -0.15) is 0 Å². The molecule has 4 atom stereocenters. The van der Waals surface area contributed by atoms with Crippen LogP contribution in [0, 0.1) is 18.8 Å². The first-order valence-electron chi connectivity index (χ1n) is 9.82. The Morgan fingerprint density at radius 3 is 3.00 bits per heavy atom. The molecule has 0 aliphatic carbocycles. The molecule has 0 saturated carbocycles. The van der Waals surface area contributed by atoms with Crippen molar-refractivity contribution in [2.45, 2.75) is 25.2 Å². The molecule has 1 spiro atoms. The highest BCUT2D eigenvalue weighted by Crippen LogP contribution is 2.52.